The minimum Gasteiger partial charge on any atom is -0.481 e. The van der Waals surface area contributed by atoms with Crippen molar-refractivity contribution in [2.45, 2.75) is 12.5 Å². The zero-order chi connectivity index (χ0) is 14.7. The van der Waals surface area contributed by atoms with Gasteiger partial charge >= 0.3 is 11.9 Å². The van der Waals surface area contributed by atoms with Crippen molar-refractivity contribution in [3.63, 3.8) is 0 Å². The summed E-state index contributed by atoms with van der Waals surface area (Å²) in [5, 5.41) is 20.0. The molecule has 20 heavy (non-hydrogen) atoms. The first-order valence-electron chi connectivity index (χ1n) is 6.18. The van der Waals surface area contributed by atoms with Crippen LogP contribution in [0, 0.1) is 5.92 Å². The van der Waals surface area contributed by atoms with Gasteiger partial charge in [0.05, 0.1) is 5.92 Å². The van der Waals surface area contributed by atoms with Crippen LogP contribution in [0.2, 0.25) is 0 Å². The van der Waals surface area contributed by atoms with Gasteiger partial charge in [0.1, 0.15) is 6.04 Å². The van der Waals surface area contributed by atoms with Crippen LogP contribution in [-0.4, -0.2) is 28.2 Å². The minimum absolute atomic E-state index is 0.0909. The molecule has 2 aromatic rings. The largest absolute Gasteiger partial charge is 0.481 e. The van der Waals surface area contributed by atoms with Gasteiger partial charge in [0.15, 0.2) is 0 Å². The van der Waals surface area contributed by atoms with E-state index in [9.17, 15) is 9.59 Å². The fourth-order valence-corrected chi connectivity index (χ4v) is 2.16. The molecule has 5 heteroatoms. The molecule has 0 amide bonds. The lowest BCUT2D eigenvalue weighted by atomic mass is 9.91. The first kappa shape index (κ1) is 14.0. The predicted octanol–water partition coefficient (Wildman–Crippen LogP) is 1.49. The standard InChI is InChI=1S/C15H15NO4/c16-13(15(19)20)12(14(17)18)8-9-5-6-10-3-1-2-4-11(10)7-9/h1-7,12-13H,8,16H2,(H,17,18)(H,19,20)/t12?,13-/m0/s1. The molecule has 0 spiro atoms. The minimum atomic E-state index is -1.42. The van der Waals surface area contributed by atoms with E-state index in [-0.39, 0.29) is 6.42 Å². The number of aliphatic carboxylic acids is 2. The number of hydrogen-bond acceptors (Lipinski definition) is 3. The van der Waals surface area contributed by atoms with Crippen LogP contribution in [0.5, 0.6) is 0 Å². The van der Waals surface area contributed by atoms with Crippen LogP contribution in [0.15, 0.2) is 42.5 Å². The molecule has 0 radical (unpaired) electrons. The van der Waals surface area contributed by atoms with Gasteiger partial charge in [-0.25, -0.2) is 0 Å². The predicted molar refractivity (Wildman–Crippen MR) is 74.4 cm³/mol. The summed E-state index contributed by atoms with van der Waals surface area (Å²) < 4.78 is 0. The summed E-state index contributed by atoms with van der Waals surface area (Å²) >= 11 is 0. The SMILES string of the molecule is N[C@H](C(=O)O)C(Cc1ccc2ccccc2c1)C(=O)O. The third kappa shape index (κ3) is 2.95. The Bertz CT molecular complexity index is 653. The third-order valence-corrected chi connectivity index (χ3v) is 3.31. The lowest BCUT2D eigenvalue weighted by Gasteiger charge is -2.16. The van der Waals surface area contributed by atoms with Crippen LogP contribution in [0.4, 0.5) is 0 Å². The monoisotopic (exact) mass is 273 g/mol. The highest BCUT2D eigenvalue weighted by Gasteiger charge is 2.30. The maximum absolute atomic E-state index is 11.2. The molecule has 104 valence electrons. The number of carbonyl (C=O) groups is 2. The molecule has 0 aliphatic rings. The van der Waals surface area contributed by atoms with Gasteiger partial charge in [-0.3, -0.25) is 9.59 Å². The maximum Gasteiger partial charge on any atom is 0.321 e. The zero-order valence-corrected chi connectivity index (χ0v) is 10.7. The number of carboxylic acid groups (broad SMARTS) is 2. The zero-order valence-electron chi connectivity index (χ0n) is 10.7. The lowest BCUT2D eigenvalue weighted by molar-refractivity contribution is -0.149. The van der Waals surface area contributed by atoms with Gasteiger partial charge in [-0.2, -0.15) is 0 Å². The molecule has 0 bridgehead atoms. The number of carboxylic acids is 2. The van der Waals surface area contributed by atoms with Gasteiger partial charge in [0.25, 0.3) is 0 Å². The Morgan fingerprint density at radius 1 is 1.00 bits per heavy atom. The Labute approximate surface area is 115 Å². The summed E-state index contributed by atoms with van der Waals surface area (Å²) in [5.74, 6) is -3.65. The first-order valence-corrected chi connectivity index (χ1v) is 6.18. The molecule has 4 N–H and O–H groups in total. The van der Waals surface area contributed by atoms with Gasteiger partial charge in [0.2, 0.25) is 0 Å². The molecule has 0 saturated heterocycles. The van der Waals surface area contributed by atoms with Crippen LogP contribution in [0.1, 0.15) is 5.56 Å². The van der Waals surface area contributed by atoms with Crippen molar-refractivity contribution in [3.05, 3.63) is 48.0 Å². The van der Waals surface area contributed by atoms with E-state index in [4.69, 9.17) is 15.9 Å². The van der Waals surface area contributed by atoms with E-state index in [2.05, 4.69) is 0 Å². The van der Waals surface area contributed by atoms with Crippen molar-refractivity contribution < 1.29 is 19.8 Å². The number of hydrogen-bond donors (Lipinski definition) is 3. The molecule has 0 aliphatic carbocycles. The molecular weight excluding hydrogens is 258 g/mol. The molecule has 2 atom stereocenters. The lowest BCUT2D eigenvalue weighted by Crippen LogP contribution is -2.43. The summed E-state index contributed by atoms with van der Waals surface area (Å²) in [4.78, 5) is 22.0. The average Bonchev–Trinajstić information content (AvgIpc) is 2.43. The van der Waals surface area contributed by atoms with Crippen LogP contribution in [0.3, 0.4) is 0 Å². The van der Waals surface area contributed by atoms with E-state index < -0.39 is 23.9 Å². The first-order chi connectivity index (χ1) is 9.49. The number of fused-ring (bicyclic) bond motifs is 1. The van der Waals surface area contributed by atoms with Gasteiger partial charge in [-0.15, -0.1) is 0 Å². The summed E-state index contributed by atoms with van der Waals surface area (Å²) in [5.41, 5.74) is 6.20. The second-order valence-corrected chi connectivity index (χ2v) is 4.69. The van der Waals surface area contributed by atoms with Crippen LogP contribution < -0.4 is 5.73 Å². The van der Waals surface area contributed by atoms with E-state index >= 15 is 0 Å². The van der Waals surface area contributed by atoms with Crippen molar-refractivity contribution in [1.29, 1.82) is 0 Å². The van der Waals surface area contributed by atoms with E-state index in [0.29, 0.717) is 0 Å². The quantitative estimate of drug-likeness (QED) is 0.766. The van der Waals surface area contributed by atoms with Gasteiger partial charge in [-0.1, -0.05) is 42.5 Å². The molecule has 1 unspecified atom stereocenters. The molecule has 0 aromatic heterocycles. The van der Waals surface area contributed by atoms with Crippen molar-refractivity contribution in [2.75, 3.05) is 0 Å². The molecule has 2 rings (SSSR count). The fraction of sp³-hybridized carbons (Fsp3) is 0.200. The molecule has 0 heterocycles. The molecule has 0 saturated carbocycles. The highest BCUT2D eigenvalue weighted by molar-refractivity contribution is 5.84. The Balaban J connectivity index is 2.28. The second-order valence-electron chi connectivity index (χ2n) is 4.69. The Hall–Kier alpha value is -2.40. The number of rotatable bonds is 5. The van der Waals surface area contributed by atoms with Crippen LogP contribution >= 0.6 is 0 Å². The highest BCUT2D eigenvalue weighted by Crippen LogP contribution is 2.19. The second kappa shape index (κ2) is 5.71. The Kier molecular flexibility index (Phi) is 4.00. The van der Waals surface area contributed by atoms with Crippen LogP contribution in [0.25, 0.3) is 10.8 Å². The van der Waals surface area contributed by atoms with Crippen molar-refractivity contribution >= 4 is 22.7 Å². The van der Waals surface area contributed by atoms with E-state index in [1.165, 1.54) is 0 Å². The number of benzene rings is 2. The normalized spacial score (nSPS) is 13.8. The third-order valence-electron chi connectivity index (χ3n) is 3.31. The molecule has 5 nitrogen and oxygen atoms in total. The number of nitrogens with two attached hydrogens (primary N) is 1. The molecular formula is C15H15NO4. The fourth-order valence-electron chi connectivity index (χ4n) is 2.16. The van der Waals surface area contributed by atoms with Gasteiger partial charge in [0, 0.05) is 0 Å². The summed E-state index contributed by atoms with van der Waals surface area (Å²) in [6.45, 7) is 0. The van der Waals surface area contributed by atoms with E-state index in [1.807, 2.05) is 36.4 Å². The van der Waals surface area contributed by atoms with Gasteiger partial charge in [-0.05, 0) is 22.8 Å². The maximum atomic E-state index is 11.2. The van der Waals surface area contributed by atoms with Crippen molar-refractivity contribution in [2.24, 2.45) is 11.7 Å². The Morgan fingerprint density at radius 3 is 2.25 bits per heavy atom. The Morgan fingerprint density at radius 2 is 1.65 bits per heavy atom. The van der Waals surface area contributed by atoms with E-state index in [1.54, 1.807) is 6.07 Å². The summed E-state index contributed by atoms with van der Waals surface area (Å²) in [7, 11) is 0. The van der Waals surface area contributed by atoms with Gasteiger partial charge < -0.3 is 15.9 Å². The molecule has 0 fully saturated rings. The van der Waals surface area contributed by atoms with E-state index in [0.717, 1.165) is 16.3 Å². The van der Waals surface area contributed by atoms with Crippen LogP contribution in [-0.2, 0) is 16.0 Å². The molecule has 0 aliphatic heterocycles. The smallest absolute Gasteiger partial charge is 0.321 e. The van der Waals surface area contributed by atoms with Crippen molar-refractivity contribution in [1.82, 2.24) is 0 Å². The summed E-state index contributed by atoms with van der Waals surface area (Å²) in [6.07, 6.45) is 0.0909. The molecule has 2 aromatic carbocycles. The topological polar surface area (TPSA) is 101 Å². The average molecular weight is 273 g/mol. The van der Waals surface area contributed by atoms with Crippen molar-refractivity contribution in [3.8, 4) is 0 Å². The summed E-state index contributed by atoms with van der Waals surface area (Å²) in [6, 6.07) is 11.8. The highest BCUT2D eigenvalue weighted by atomic mass is 16.4.